The van der Waals surface area contributed by atoms with Crippen LogP contribution in [0.4, 0.5) is 11.4 Å². The molecule has 0 aliphatic heterocycles. The van der Waals surface area contributed by atoms with Crippen LogP contribution in [0.15, 0.2) is 48.5 Å². The maximum atomic E-state index is 5.70. The Hall–Kier alpha value is -2.36. The summed E-state index contributed by atoms with van der Waals surface area (Å²) in [5, 5.41) is 0. The first kappa shape index (κ1) is 20.0. The number of nitrogens with two attached hydrogens (primary N) is 2. The number of unbranched alkanes of at least 4 members (excludes halogenated alkanes) is 7. The number of ether oxygens (including phenoxy) is 2. The van der Waals surface area contributed by atoms with E-state index >= 15 is 0 Å². The van der Waals surface area contributed by atoms with E-state index in [-0.39, 0.29) is 0 Å². The van der Waals surface area contributed by atoms with Gasteiger partial charge in [0.25, 0.3) is 0 Å². The molecule has 0 bridgehead atoms. The minimum absolute atomic E-state index is 0.772. The summed E-state index contributed by atoms with van der Waals surface area (Å²) in [7, 11) is 0. The van der Waals surface area contributed by atoms with Crippen LogP contribution in [0, 0.1) is 0 Å². The lowest BCUT2D eigenvalue weighted by Crippen LogP contribution is -1.98. The summed E-state index contributed by atoms with van der Waals surface area (Å²) in [6.07, 6.45) is 9.87. The van der Waals surface area contributed by atoms with E-state index in [0.29, 0.717) is 0 Å². The molecule has 4 N–H and O–H groups in total. The van der Waals surface area contributed by atoms with Gasteiger partial charge in [-0.05, 0) is 61.4 Å². The Kier molecular flexibility index (Phi) is 9.26. The summed E-state index contributed by atoms with van der Waals surface area (Å²) < 4.78 is 11.4. The Labute approximate surface area is 157 Å². The van der Waals surface area contributed by atoms with E-state index in [4.69, 9.17) is 20.9 Å². The highest BCUT2D eigenvalue weighted by Crippen LogP contribution is 2.15. The van der Waals surface area contributed by atoms with Crippen LogP contribution in [0.3, 0.4) is 0 Å². The number of benzene rings is 2. The molecule has 26 heavy (non-hydrogen) atoms. The van der Waals surface area contributed by atoms with Crippen LogP contribution in [0.1, 0.15) is 51.4 Å². The maximum absolute atomic E-state index is 5.70. The standard InChI is InChI=1S/C22H32N2O2/c23-19-9-13-21(14-10-19)25-17-7-5-3-1-2-4-6-8-18-26-22-15-11-20(24)12-16-22/h9-16H,1-8,17-18,23-24H2. The third-order valence-corrected chi connectivity index (χ3v) is 4.34. The van der Waals surface area contributed by atoms with Gasteiger partial charge in [-0.2, -0.15) is 0 Å². The van der Waals surface area contributed by atoms with E-state index in [1.165, 1.54) is 38.5 Å². The Morgan fingerprint density at radius 2 is 0.769 bits per heavy atom. The van der Waals surface area contributed by atoms with Gasteiger partial charge >= 0.3 is 0 Å². The van der Waals surface area contributed by atoms with Gasteiger partial charge < -0.3 is 20.9 Å². The van der Waals surface area contributed by atoms with Gasteiger partial charge in [0.2, 0.25) is 0 Å². The molecule has 0 amide bonds. The largest absolute Gasteiger partial charge is 0.494 e. The fourth-order valence-electron chi connectivity index (χ4n) is 2.77. The Morgan fingerprint density at radius 3 is 1.12 bits per heavy atom. The van der Waals surface area contributed by atoms with Crippen molar-refractivity contribution >= 4 is 11.4 Å². The molecule has 2 rings (SSSR count). The summed E-state index contributed by atoms with van der Waals surface area (Å²) in [5.41, 5.74) is 12.9. The number of hydrogen-bond donors (Lipinski definition) is 2. The van der Waals surface area contributed by atoms with Crippen molar-refractivity contribution in [3.8, 4) is 11.5 Å². The Balaban J connectivity index is 1.35. The zero-order valence-electron chi connectivity index (χ0n) is 15.7. The summed E-state index contributed by atoms with van der Waals surface area (Å²) in [5.74, 6) is 1.81. The molecule has 0 aliphatic rings. The van der Waals surface area contributed by atoms with E-state index < -0.39 is 0 Å². The third-order valence-electron chi connectivity index (χ3n) is 4.34. The molecule has 0 radical (unpaired) electrons. The quantitative estimate of drug-likeness (QED) is 0.371. The first-order valence-electron chi connectivity index (χ1n) is 9.71. The van der Waals surface area contributed by atoms with Crippen molar-refractivity contribution < 1.29 is 9.47 Å². The molecule has 0 unspecified atom stereocenters. The van der Waals surface area contributed by atoms with Gasteiger partial charge in [-0.25, -0.2) is 0 Å². The minimum atomic E-state index is 0.772. The fraction of sp³-hybridized carbons (Fsp3) is 0.455. The Morgan fingerprint density at radius 1 is 0.462 bits per heavy atom. The second-order valence-corrected chi connectivity index (χ2v) is 6.66. The van der Waals surface area contributed by atoms with E-state index in [9.17, 15) is 0 Å². The highest BCUT2D eigenvalue weighted by atomic mass is 16.5. The van der Waals surface area contributed by atoms with Gasteiger partial charge in [0.15, 0.2) is 0 Å². The molecule has 0 saturated carbocycles. The minimum Gasteiger partial charge on any atom is -0.494 e. The van der Waals surface area contributed by atoms with Crippen molar-refractivity contribution in [1.82, 2.24) is 0 Å². The predicted octanol–water partition coefficient (Wildman–Crippen LogP) is 5.43. The number of rotatable bonds is 13. The highest BCUT2D eigenvalue weighted by molar-refractivity contribution is 5.42. The zero-order chi connectivity index (χ0) is 18.5. The second kappa shape index (κ2) is 12.1. The number of hydrogen-bond acceptors (Lipinski definition) is 4. The van der Waals surface area contributed by atoms with Crippen LogP contribution in [-0.2, 0) is 0 Å². The lowest BCUT2D eigenvalue weighted by molar-refractivity contribution is 0.301. The zero-order valence-corrected chi connectivity index (χ0v) is 15.7. The summed E-state index contributed by atoms with van der Waals surface area (Å²) in [4.78, 5) is 0. The molecule has 0 spiro atoms. The molecule has 0 atom stereocenters. The van der Waals surface area contributed by atoms with Crippen LogP contribution in [0.5, 0.6) is 11.5 Å². The van der Waals surface area contributed by atoms with Crippen LogP contribution in [0.25, 0.3) is 0 Å². The van der Waals surface area contributed by atoms with Gasteiger partial charge in [0, 0.05) is 11.4 Å². The first-order chi connectivity index (χ1) is 12.7. The molecule has 4 heteroatoms. The maximum Gasteiger partial charge on any atom is 0.119 e. The van der Waals surface area contributed by atoms with E-state index in [1.54, 1.807) is 0 Å². The molecule has 2 aromatic rings. The Bertz CT molecular complexity index is 541. The van der Waals surface area contributed by atoms with Gasteiger partial charge in [-0.1, -0.05) is 38.5 Å². The molecule has 0 saturated heterocycles. The predicted molar refractivity (Wildman–Crippen MR) is 110 cm³/mol. The van der Waals surface area contributed by atoms with E-state index in [2.05, 4.69) is 0 Å². The summed E-state index contributed by atoms with van der Waals surface area (Å²) in [6, 6.07) is 15.2. The van der Waals surface area contributed by atoms with Gasteiger partial charge in [-0.3, -0.25) is 0 Å². The molecule has 0 aromatic heterocycles. The molecule has 4 nitrogen and oxygen atoms in total. The van der Waals surface area contributed by atoms with Crippen LogP contribution in [0.2, 0.25) is 0 Å². The highest BCUT2D eigenvalue weighted by Gasteiger charge is 1.96. The summed E-state index contributed by atoms with van der Waals surface area (Å²) >= 11 is 0. The van der Waals surface area contributed by atoms with Gasteiger partial charge in [0.1, 0.15) is 11.5 Å². The first-order valence-corrected chi connectivity index (χ1v) is 9.71. The van der Waals surface area contributed by atoms with Gasteiger partial charge in [-0.15, -0.1) is 0 Å². The van der Waals surface area contributed by atoms with Crippen molar-refractivity contribution in [1.29, 1.82) is 0 Å². The third kappa shape index (κ3) is 8.65. The van der Waals surface area contributed by atoms with Crippen LogP contribution >= 0.6 is 0 Å². The number of nitrogen functional groups attached to an aromatic ring is 2. The van der Waals surface area contributed by atoms with Crippen molar-refractivity contribution in [3.63, 3.8) is 0 Å². The monoisotopic (exact) mass is 356 g/mol. The van der Waals surface area contributed by atoms with Crippen molar-refractivity contribution in [3.05, 3.63) is 48.5 Å². The lowest BCUT2D eigenvalue weighted by atomic mass is 10.1. The van der Waals surface area contributed by atoms with Crippen molar-refractivity contribution in [2.45, 2.75) is 51.4 Å². The summed E-state index contributed by atoms with van der Waals surface area (Å²) in [6.45, 7) is 1.57. The molecule has 2 aromatic carbocycles. The van der Waals surface area contributed by atoms with E-state index in [1.807, 2.05) is 48.5 Å². The van der Waals surface area contributed by atoms with Crippen molar-refractivity contribution in [2.75, 3.05) is 24.7 Å². The fourth-order valence-corrected chi connectivity index (χ4v) is 2.77. The normalized spacial score (nSPS) is 10.6. The average Bonchev–Trinajstić information content (AvgIpc) is 2.65. The van der Waals surface area contributed by atoms with E-state index in [0.717, 1.165) is 48.9 Å². The van der Waals surface area contributed by atoms with Crippen LogP contribution < -0.4 is 20.9 Å². The van der Waals surface area contributed by atoms with Crippen LogP contribution in [-0.4, -0.2) is 13.2 Å². The molecule has 0 aliphatic carbocycles. The smallest absolute Gasteiger partial charge is 0.119 e. The van der Waals surface area contributed by atoms with Crippen molar-refractivity contribution in [2.24, 2.45) is 0 Å². The topological polar surface area (TPSA) is 70.5 Å². The molecule has 0 heterocycles. The molecular formula is C22H32N2O2. The number of anilines is 2. The molecule has 0 fully saturated rings. The lowest BCUT2D eigenvalue weighted by Gasteiger charge is -2.07. The second-order valence-electron chi connectivity index (χ2n) is 6.66. The van der Waals surface area contributed by atoms with Gasteiger partial charge in [0.05, 0.1) is 13.2 Å². The molecule has 142 valence electrons. The molecular weight excluding hydrogens is 324 g/mol. The SMILES string of the molecule is Nc1ccc(OCCCCCCCCCCOc2ccc(N)cc2)cc1. The average molecular weight is 357 g/mol.